The van der Waals surface area contributed by atoms with E-state index in [1.165, 1.54) is 22.5 Å². The molecule has 1 atom stereocenters. The van der Waals surface area contributed by atoms with Crippen molar-refractivity contribution in [1.82, 2.24) is 18.7 Å². The second kappa shape index (κ2) is 6.83. The number of hydrogen-bond donors (Lipinski definition) is 1. The molecule has 0 fully saturated rings. The van der Waals surface area contributed by atoms with Crippen molar-refractivity contribution in [1.29, 1.82) is 0 Å². The van der Waals surface area contributed by atoms with Crippen LogP contribution in [-0.4, -0.2) is 41.6 Å². The number of hydrogen-bond acceptors (Lipinski definition) is 7. The van der Waals surface area contributed by atoms with E-state index >= 15 is 0 Å². The lowest BCUT2D eigenvalue weighted by Crippen LogP contribution is -2.39. The van der Waals surface area contributed by atoms with Crippen LogP contribution >= 0.6 is 0 Å². The number of aromatic nitrogens is 4. The first-order valence-electron chi connectivity index (χ1n) is 7.35. The van der Waals surface area contributed by atoms with E-state index in [0.717, 1.165) is 4.57 Å². The molecule has 0 aromatic carbocycles. The van der Waals surface area contributed by atoms with Gasteiger partial charge in [-0.25, -0.2) is 9.78 Å². The van der Waals surface area contributed by atoms with Crippen molar-refractivity contribution in [2.24, 2.45) is 7.05 Å². The number of nitrogens with zero attached hydrogens (tertiary/aromatic N) is 5. The predicted molar refractivity (Wildman–Crippen MR) is 83.2 cm³/mol. The van der Waals surface area contributed by atoms with Gasteiger partial charge >= 0.3 is 5.69 Å². The Hall–Kier alpha value is -2.69. The van der Waals surface area contributed by atoms with Gasteiger partial charge in [-0.3, -0.25) is 13.9 Å². The molecule has 0 saturated heterocycles. The Bertz CT molecular complexity index is 864. The smallest absolute Gasteiger partial charge is 0.332 e. The summed E-state index contributed by atoms with van der Waals surface area (Å²) in [4.78, 5) is 43.0. The molecular formula is C13H19N5O6. The van der Waals surface area contributed by atoms with Gasteiger partial charge in [-0.15, -0.1) is 10.1 Å². The van der Waals surface area contributed by atoms with Gasteiger partial charge < -0.3 is 14.5 Å². The van der Waals surface area contributed by atoms with Crippen LogP contribution in [0.25, 0.3) is 11.2 Å². The van der Waals surface area contributed by atoms with Crippen LogP contribution in [0.15, 0.2) is 15.9 Å². The van der Waals surface area contributed by atoms with E-state index in [4.69, 9.17) is 0 Å². The van der Waals surface area contributed by atoms with Gasteiger partial charge in [0.05, 0.1) is 25.6 Å². The Kier molecular flexibility index (Phi) is 5.02. The first-order valence-corrected chi connectivity index (χ1v) is 7.35. The molecule has 0 bridgehead atoms. The minimum absolute atomic E-state index is 0.00309. The van der Waals surface area contributed by atoms with Crippen molar-refractivity contribution >= 4 is 11.2 Å². The quantitative estimate of drug-likeness (QED) is 0.526. The average molecular weight is 341 g/mol. The summed E-state index contributed by atoms with van der Waals surface area (Å²) in [5, 5.41) is 19.1. The zero-order valence-corrected chi connectivity index (χ0v) is 13.6. The SMILES string of the molecule is CC(C)n1c(=O)n(C)c(=O)c2c1ncn2CC(O)CCO[N+](=O)[O-]. The van der Waals surface area contributed by atoms with Crippen LogP contribution in [0.1, 0.15) is 26.3 Å². The Balaban J connectivity index is 2.38. The highest BCUT2D eigenvalue weighted by atomic mass is 16.9. The molecule has 132 valence electrons. The van der Waals surface area contributed by atoms with Crippen molar-refractivity contribution in [3.05, 3.63) is 37.3 Å². The lowest BCUT2D eigenvalue weighted by molar-refractivity contribution is -0.758. The number of imidazole rings is 1. The summed E-state index contributed by atoms with van der Waals surface area (Å²) in [5.41, 5.74) is -0.544. The maximum Gasteiger partial charge on any atom is 0.332 e. The van der Waals surface area contributed by atoms with Crippen molar-refractivity contribution in [2.45, 2.75) is 39.0 Å². The minimum Gasteiger partial charge on any atom is -0.391 e. The molecule has 11 heteroatoms. The molecule has 0 aliphatic carbocycles. The predicted octanol–water partition coefficient (Wildman–Crippen LogP) is -0.563. The standard InChI is InChI=1S/C13H19N5O6/c1-8(2)17-11-10(12(20)15(3)13(17)21)16(7-14-11)6-9(19)4-5-24-18(22)23/h7-9,19H,4-6H2,1-3H3. The Morgan fingerprint density at radius 2 is 2.08 bits per heavy atom. The van der Waals surface area contributed by atoms with Crippen LogP contribution in [0, 0.1) is 10.1 Å². The zero-order valence-electron chi connectivity index (χ0n) is 13.6. The van der Waals surface area contributed by atoms with Gasteiger partial charge in [0.1, 0.15) is 0 Å². The van der Waals surface area contributed by atoms with E-state index in [1.807, 2.05) is 0 Å². The van der Waals surface area contributed by atoms with Gasteiger partial charge in [0, 0.05) is 13.1 Å². The van der Waals surface area contributed by atoms with Crippen molar-refractivity contribution in [3.63, 3.8) is 0 Å². The van der Waals surface area contributed by atoms with Crippen LogP contribution in [0.5, 0.6) is 0 Å². The minimum atomic E-state index is -0.966. The van der Waals surface area contributed by atoms with Crippen LogP contribution in [0.4, 0.5) is 0 Å². The molecule has 0 amide bonds. The van der Waals surface area contributed by atoms with Crippen molar-refractivity contribution in [3.8, 4) is 0 Å². The fourth-order valence-corrected chi connectivity index (χ4v) is 2.45. The van der Waals surface area contributed by atoms with E-state index in [-0.39, 0.29) is 36.8 Å². The molecule has 0 radical (unpaired) electrons. The van der Waals surface area contributed by atoms with Crippen LogP contribution in [0.2, 0.25) is 0 Å². The van der Waals surface area contributed by atoms with Crippen molar-refractivity contribution < 1.29 is 15.0 Å². The van der Waals surface area contributed by atoms with Crippen LogP contribution in [-0.2, 0) is 18.4 Å². The third-order valence-electron chi connectivity index (χ3n) is 3.62. The summed E-state index contributed by atoms with van der Waals surface area (Å²) in [6.07, 6.45) is 0.415. The topological polar surface area (TPSA) is 134 Å². The number of aliphatic hydroxyl groups excluding tert-OH is 1. The number of aliphatic hydroxyl groups is 1. The molecule has 2 aromatic rings. The Morgan fingerprint density at radius 3 is 2.67 bits per heavy atom. The monoisotopic (exact) mass is 341 g/mol. The highest BCUT2D eigenvalue weighted by molar-refractivity contribution is 5.70. The maximum absolute atomic E-state index is 12.4. The summed E-state index contributed by atoms with van der Waals surface area (Å²) in [6, 6.07) is -0.200. The summed E-state index contributed by atoms with van der Waals surface area (Å²) in [5.74, 6) is 0. The largest absolute Gasteiger partial charge is 0.391 e. The van der Waals surface area contributed by atoms with Gasteiger partial charge in [0.15, 0.2) is 11.2 Å². The van der Waals surface area contributed by atoms with Gasteiger partial charge in [0.2, 0.25) is 0 Å². The van der Waals surface area contributed by atoms with Gasteiger partial charge in [-0.05, 0) is 20.3 Å². The molecule has 11 nitrogen and oxygen atoms in total. The molecule has 2 aromatic heterocycles. The first kappa shape index (κ1) is 17.7. The van der Waals surface area contributed by atoms with E-state index in [2.05, 4.69) is 9.82 Å². The molecule has 0 spiro atoms. The Labute approximate surface area is 135 Å². The molecule has 0 aliphatic heterocycles. The van der Waals surface area contributed by atoms with E-state index in [9.17, 15) is 24.8 Å². The molecule has 0 saturated carbocycles. The average Bonchev–Trinajstić information content (AvgIpc) is 2.87. The molecule has 1 N–H and O–H groups in total. The molecule has 2 heterocycles. The second-order valence-electron chi connectivity index (χ2n) is 5.68. The van der Waals surface area contributed by atoms with Crippen LogP contribution in [0.3, 0.4) is 0 Å². The second-order valence-corrected chi connectivity index (χ2v) is 5.68. The highest BCUT2D eigenvalue weighted by Gasteiger charge is 2.19. The lowest BCUT2D eigenvalue weighted by atomic mass is 10.2. The fraction of sp³-hybridized carbons (Fsp3) is 0.615. The number of rotatable bonds is 7. The van der Waals surface area contributed by atoms with E-state index in [1.54, 1.807) is 13.8 Å². The number of fused-ring (bicyclic) bond motifs is 1. The third kappa shape index (κ3) is 3.30. The lowest BCUT2D eigenvalue weighted by Gasteiger charge is -2.14. The molecule has 24 heavy (non-hydrogen) atoms. The molecule has 0 aliphatic rings. The fourth-order valence-electron chi connectivity index (χ4n) is 2.45. The summed E-state index contributed by atoms with van der Waals surface area (Å²) in [7, 11) is 1.38. The van der Waals surface area contributed by atoms with Crippen LogP contribution < -0.4 is 11.2 Å². The highest BCUT2D eigenvalue weighted by Crippen LogP contribution is 2.12. The first-order chi connectivity index (χ1) is 11.2. The Morgan fingerprint density at radius 1 is 1.42 bits per heavy atom. The van der Waals surface area contributed by atoms with Gasteiger partial charge in [0.25, 0.3) is 10.6 Å². The molecule has 1 unspecified atom stereocenters. The van der Waals surface area contributed by atoms with Gasteiger partial charge in [-0.1, -0.05) is 0 Å². The molecule has 2 rings (SSSR count). The van der Waals surface area contributed by atoms with Crippen molar-refractivity contribution in [2.75, 3.05) is 6.61 Å². The zero-order chi connectivity index (χ0) is 18.0. The summed E-state index contributed by atoms with van der Waals surface area (Å²) >= 11 is 0. The van der Waals surface area contributed by atoms with E-state index < -0.39 is 22.4 Å². The van der Waals surface area contributed by atoms with E-state index in [0.29, 0.717) is 0 Å². The normalized spacial score (nSPS) is 12.7. The maximum atomic E-state index is 12.4. The summed E-state index contributed by atoms with van der Waals surface area (Å²) < 4.78 is 3.82. The molecular weight excluding hydrogens is 322 g/mol. The third-order valence-corrected chi connectivity index (χ3v) is 3.62. The summed E-state index contributed by atoms with van der Waals surface area (Å²) in [6.45, 7) is 3.35. The van der Waals surface area contributed by atoms with Gasteiger partial charge in [-0.2, -0.15) is 0 Å².